The summed E-state index contributed by atoms with van der Waals surface area (Å²) < 4.78 is 78.1. The molecule has 1 amide bonds. The molecule has 0 saturated carbocycles. The summed E-state index contributed by atoms with van der Waals surface area (Å²) in [5.74, 6) is 0.939. The lowest BCUT2D eigenvalue weighted by Crippen LogP contribution is -2.24. The molecule has 0 aliphatic carbocycles. The van der Waals surface area contributed by atoms with Crippen LogP contribution in [0.25, 0.3) is 5.57 Å². The average molecular weight is 502 g/mol. The van der Waals surface area contributed by atoms with Crippen molar-refractivity contribution in [3.05, 3.63) is 59.0 Å². The summed E-state index contributed by atoms with van der Waals surface area (Å²) in [6.45, 7) is 5.17. The van der Waals surface area contributed by atoms with Crippen molar-refractivity contribution in [1.29, 1.82) is 0 Å². The maximum absolute atomic E-state index is 14.4. The number of terminal acetylenes is 1. The maximum Gasteiger partial charge on any atom is 0.433 e. The summed E-state index contributed by atoms with van der Waals surface area (Å²) in [6.07, 6.45) is 1.54. The summed E-state index contributed by atoms with van der Waals surface area (Å²) in [6, 6.07) is 4.19. The van der Waals surface area contributed by atoms with E-state index < -0.39 is 39.3 Å². The first-order valence-corrected chi connectivity index (χ1v) is 12.1. The van der Waals surface area contributed by atoms with Gasteiger partial charge in [-0.05, 0) is 35.6 Å². The van der Waals surface area contributed by atoms with Crippen LogP contribution in [-0.2, 0) is 27.5 Å². The predicted octanol–water partition coefficient (Wildman–Crippen LogP) is 4.03. The van der Waals surface area contributed by atoms with E-state index in [1.807, 2.05) is 4.72 Å². The number of amides is 1. The third-order valence-corrected chi connectivity index (χ3v) is 5.53. The molecule has 0 unspecified atom stereocenters. The van der Waals surface area contributed by atoms with Gasteiger partial charge < -0.3 is 5.32 Å². The van der Waals surface area contributed by atoms with Gasteiger partial charge in [-0.15, -0.1) is 18.2 Å². The fourth-order valence-corrected chi connectivity index (χ4v) is 4.02. The Morgan fingerprint density at radius 1 is 1.30 bits per heavy atom. The lowest BCUT2D eigenvalue weighted by molar-refractivity contribution is -0.141. The summed E-state index contributed by atoms with van der Waals surface area (Å²) in [5, 5.41) is 2.49. The minimum atomic E-state index is -4.64. The van der Waals surface area contributed by atoms with Crippen molar-refractivity contribution >= 4 is 39.0 Å². The first-order chi connectivity index (χ1) is 15.3. The van der Waals surface area contributed by atoms with Gasteiger partial charge in [0.25, 0.3) is 5.91 Å². The molecule has 0 aliphatic rings. The topological polar surface area (TPSA) is 88.2 Å². The highest BCUT2D eigenvalue weighted by Gasteiger charge is 2.33. The van der Waals surface area contributed by atoms with Crippen molar-refractivity contribution in [2.24, 2.45) is 0 Å². The predicted molar refractivity (Wildman–Crippen MR) is 119 cm³/mol. The van der Waals surface area contributed by atoms with Crippen LogP contribution < -0.4 is 10.0 Å². The Kier molecular flexibility index (Phi) is 8.16. The van der Waals surface area contributed by atoms with Gasteiger partial charge in [0.2, 0.25) is 10.0 Å². The lowest BCUT2D eigenvalue weighted by atomic mass is 10.1. The largest absolute Gasteiger partial charge is 0.433 e. The number of alkyl halides is 3. The van der Waals surface area contributed by atoms with Gasteiger partial charge in [-0.1, -0.05) is 19.4 Å². The van der Waals surface area contributed by atoms with E-state index in [2.05, 4.69) is 22.8 Å². The van der Waals surface area contributed by atoms with Gasteiger partial charge in [-0.3, -0.25) is 9.52 Å². The van der Waals surface area contributed by atoms with Gasteiger partial charge in [0.05, 0.1) is 17.5 Å². The molecule has 33 heavy (non-hydrogen) atoms. The number of nitrogens with zero attached hydrogens (tertiary/aromatic N) is 1. The highest BCUT2D eigenvalue weighted by Crippen LogP contribution is 2.33. The van der Waals surface area contributed by atoms with E-state index in [0.717, 1.165) is 36.2 Å². The molecule has 2 rings (SSSR count). The second-order valence-electron chi connectivity index (χ2n) is 6.66. The van der Waals surface area contributed by atoms with E-state index in [1.54, 1.807) is 6.92 Å². The third-order valence-electron chi connectivity index (χ3n) is 4.08. The highest BCUT2D eigenvalue weighted by molar-refractivity contribution is 7.99. The lowest BCUT2D eigenvalue weighted by Gasteiger charge is -2.14. The number of pyridine rings is 1. The number of sulfonamides is 1. The van der Waals surface area contributed by atoms with Crippen LogP contribution in [0.4, 0.5) is 23.2 Å². The van der Waals surface area contributed by atoms with Crippen molar-refractivity contribution in [2.45, 2.75) is 24.7 Å². The highest BCUT2D eigenvalue weighted by atomic mass is 32.2. The second kappa shape index (κ2) is 10.3. The number of thioether (sulfide) groups is 1. The van der Waals surface area contributed by atoms with Gasteiger partial charge in [-0.25, -0.2) is 17.8 Å². The summed E-state index contributed by atoms with van der Waals surface area (Å²) in [7, 11) is -3.78. The molecule has 0 spiro atoms. The standard InChI is InChI=1S/C21H19F4N3O3S2/c1-5-14-9-13(10-16(22)18(14)28-33(4,30)31)11-26-19(29)12(3)15-7-8-17(21(23,24)25)27-20(15)32-6-2/h1,7-10,28H,3,6,11H2,2,4H3,(H,26,29). The molecule has 0 fully saturated rings. The van der Waals surface area contributed by atoms with Gasteiger partial charge in [-0.2, -0.15) is 13.2 Å². The number of carbonyl (C=O) groups excluding carboxylic acids is 1. The molecule has 2 N–H and O–H groups in total. The van der Waals surface area contributed by atoms with E-state index in [4.69, 9.17) is 6.42 Å². The minimum absolute atomic E-state index is 0.00402. The van der Waals surface area contributed by atoms with Crippen molar-refractivity contribution in [2.75, 3.05) is 16.7 Å². The Labute approximate surface area is 192 Å². The summed E-state index contributed by atoms with van der Waals surface area (Å²) >= 11 is 1.03. The van der Waals surface area contributed by atoms with Crippen LogP contribution in [0.2, 0.25) is 0 Å². The van der Waals surface area contributed by atoms with Crippen LogP contribution in [0.1, 0.15) is 29.3 Å². The van der Waals surface area contributed by atoms with Gasteiger partial charge in [0, 0.05) is 17.7 Å². The number of anilines is 1. The van der Waals surface area contributed by atoms with Crippen molar-refractivity contribution in [1.82, 2.24) is 10.3 Å². The van der Waals surface area contributed by atoms with E-state index in [9.17, 15) is 30.8 Å². The third kappa shape index (κ3) is 6.97. The normalized spacial score (nSPS) is 11.5. The number of aromatic nitrogens is 1. The quantitative estimate of drug-likeness (QED) is 0.247. The number of benzene rings is 1. The molecular weight excluding hydrogens is 482 g/mol. The first kappa shape index (κ1) is 26.2. The molecule has 0 bridgehead atoms. The molecule has 1 aromatic carbocycles. The summed E-state index contributed by atoms with van der Waals surface area (Å²) in [5.41, 5.74) is -1.31. The van der Waals surface area contributed by atoms with Gasteiger partial charge >= 0.3 is 6.18 Å². The molecule has 2 aromatic rings. The van der Waals surface area contributed by atoms with Crippen LogP contribution >= 0.6 is 11.8 Å². The Morgan fingerprint density at radius 3 is 2.52 bits per heavy atom. The molecule has 0 saturated heterocycles. The van der Waals surface area contributed by atoms with E-state index in [0.29, 0.717) is 5.75 Å². The smallest absolute Gasteiger partial charge is 0.348 e. The number of carbonyl (C=O) groups is 1. The van der Waals surface area contributed by atoms with Crippen LogP contribution in [0, 0.1) is 18.2 Å². The van der Waals surface area contributed by atoms with E-state index in [1.165, 1.54) is 6.07 Å². The molecule has 1 heterocycles. The fourth-order valence-electron chi connectivity index (χ4n) is 2.65. The molecular formula is C21H19F4N3O3S2. The van der Waals surface area contributed by atoms with E-state index in [-0.39, 0.29) is 33.8 Å². The van der Waals surface area contributed by atoms with E-state index >= 15 is 0 Å². The molecule has 6 nitrogen and oxygen atoms in total. The Morgan fingerprint density at radius 2 is 1.97 bits per heavy atom. The Balaban J connectivity index is 2.24. The second-order valence-corrected chi connectivity index (χ2v) is 9.66. The monoisotopic (exact) mass is 501 g/mol. The van der Waals surface area contributed by atoms with Gasteiger partial charge in [0.15, 0.2) is 0 Å². The number of hydrogen-bond donors (Lipinski definition) is 2. The fraction of sp³-hybridized carbons (Fsp3) is 0.238. The molecule has 0 atom stereocenters. The first-order valence-electron chi connectivity index (χ1n) is 9.22. The zero-order valence-electron chi connectivity index (χ0n) is 17.5. The van der Waals surface area contributed by atoms with Crippen LogP contribution in [0.5, 0.6) is 0 Å². The van der Waals surface area contributed by atoms with Crippen LogP contribution in [-0.4, -0.2) is 31.3 Å². The number of nitrogens with one attached hydrogen (secondary N) is 2. The number of rotatable bonds is 8. The Bertz CT molecular complexity index is 1240. The molecule has 1 aromatic heterocycles. The zero-order chi connectivity index (χ0) is 25.0. The minimum Gasteiger partial charge on any atom is -0.348 e. The average Bonchev–Trinajstić information content (AvgIpc) is 2.71. The maximum atomic E-state index is 14.4. The summed E-state index contributed by atoms with van der Waals surface area (Å²) in [4.78, 5) is 16.2. The number of halogens is 4. The van der Waals surface area contributed by atoms with Gasteiger partial charge in [0.1, 0.15) is 16.5 Å². The zero-order valence-corrected chi connectivity index (χ0v) is 19.1. The molecule has 0 aliphatic heterocycles. The SMILES string of the molecule is C#Cc1cc(CNC(=O)C(=C)c2ccc(C(F)(F)F)nc2SCC)cc(F)c1NS(C)(=O)=O. The van der Waals surface area contributed by atoms with Crippen molar-refractivity contribution in [3.8, 4) is 12.3 Å². The van der Waals surface area contributed by atoms with Crippen molar-refractivity contribution in [3.63, 3.8) is 0 Å². The molecule has 0 radical (unpaired) electrons. The molecule has 176 valence electrons. The van der Waals surface area contributed by atoms with Crippen LogP contribution in [0.15, 0.2) is 35.9 Å². The number of hydrogen-bond acceptors (Lipinski definition) is 5. The van der Waals surface area contributed by atoms with Crippen molar-refractivity contribution < 1.29 is 30.8 Å². The Hall–Kier alpha value is -3.04. The van der Waals surface area contributed by atoms with Crippen LogP contribution in [0.3, 0.4) is 0 Å². The molecule has 12 heteroatoms.